The Morgan fingerprint density at radius 3 is 2.62 bits per heavy atom. The number of methoxy groups -OCH3 is 1. The number of nitrogens with one attached hydrogen (secondary N) is 1. The Morgan fingerprint density at radius 1 is 1.29 bits per heavy atom. The van der Waals surface area contributed by atoms with E-state index in [1.807, 2.05) is 31.2 Å². The third-order valence-electron chi connectivity index (χ3n) is 3.11. The molecule has 2 rings (SSSR count). The first kappa shape index (κ1) is 15.6. The van der Waals surface area contributed by atoms with Crippen LogP contribution >= 0.6 is 0 Å². The standard InChI is InChI=1S/C14H18N2O4S/c1-10(12-5-3-4-6-13(12)19-2)16-9-11-7-8-14(20-11)21(15,17)18/h3-8,10,16H,9H2,1-2H3,(H2,15,17,18)/t10-/m1/s1. The van der Waals surface area contributed by atoms with Crippen molar-refractivity contribution in [2.24, 2.45) is 5.14 Å². The molecule has 1 aromatic heterocycles. The summed E-state index contributed by atoms with van der Waals surface area (Å²) >= 11 is 0. The highest BCUT2D eigenvalue weighted by Gasteiger charge is 2.15. The molecule has 0 radical (unpaired) electrons. The minimum Gasteiger partial charge on any atom is -0.496 e. The molecule has 0 spiro atoms. The molecule has 0 aliphatic carbocycles. The molecule has 21 heavy (non-hydrogen) atoms. The van der Waals surface area contributed by atoms with Crippen molar-refractivity contribution in [2.45, 2.75) is 24.6 Å². The van der Waals surface area contributed by atoms with Gasteiger partial charge < -0.3 is 14.5 Å². The predicted molar refractivity (Wildman–Crippen MR) is 78.3 cm³/mol. The average molecular weight is 310 g/mol. The number of sulfonamides is 1. The maximum Gasteiger partial charge on any atom is 0.271 e. The highest BCUT2D eigenvalue weighted by atomic mass is 32.2. The molecule has 0 amide bonds. The van der Waals surface area contributed by atoms with Crippen molar-refractivity contribution in [3.8, 4) is 5.75 Å². The highest BCUT2D eigenvalue weighted by Crippen LogP contribution is 2.24. The van der Waals surface area contributed by atoms with Crippen molar-refractivity contribution >= 4 is 10.0 Å². The van der Waals surface area contributed by atoms with Crippen molar-refractivity contribution in [2.75, 3.05) is 7.11 Å². The fraction of sp³-hybridized carbons (Fsp3) is 0.286. The number of rotatable bonds is 6. The molecule has 0 aliphatic rings. The summed E-state index contributed by atoms with van der Waals surface area (Å²) in [5.74, 6) is 1.29. The Hall–Kier alpha value is -1.83. The van der Waals surface area contributed by atoms with Gasteiger partial charge in [-0.05, 0) is 25.1 Å². The van der Waals surface area contributed by atoms with Gasteiger partial charge in [-0.25, -0.2) is 13.6 Å². The number of furan rings is 1. The third-order valence-corrected chi connectivity index (χ3v) is 3.89. The van der Waals surface area contributed by atoms with E-state index in [0.29, 0.717) is 12.3 Å². The molecule has 0 fully saturated rings. The number of nitrogens with two attached hydrogens (primary N) is 1. The molecule has 1 heterocycles. The normalized spacial score (nSPS) is 13.1. The summed E-state index contributed by atoms with van der Waals surface area (Å²) in [5, 5.41) is 8.01. The van der Waals surface area contributed by atoms with Crippen LogP contribution in [0.2, 0.25) is 0 Å². The third kappa shape index (κ3) is 3.84. The van der Waals surface area contributed by atoms with Crippen LogP contribution < -0.4 is 15.2 Å². The number of benzene rings is 1. The first-order valence-corrected chi connectivity index (χ1v) is 7.94. The van der Waals surface area contributed by atoms with Gasteiger partial charge in [0.25, 0.3) is 10.0 Å². The number of hydrogen-bond donors (Lipinski definition) is 2. The lowest BCUT2D eigenvalue weighted by atomic mass is 10.1. The molecular weight excluding hydrogens is 292 g/mol. The van der Waals surface area contributed by atoms with E-state index in [1.54, 1.807) is 13.2 Å². The van der Waals surface area contributed by atoms with Gasteiger partial charge in [-0.2, -0.15) is 0 Å². The van der Waals surface area contributed by atoms with Gasteiger partial charge in [-0.3, -0.25) is 0 Å². The fourth-order valence-electron chi connectivity index (χ4n) is 1.99. The lowest BCUT2D eigenvalue weighted by molar-refractivity contribution is 0.383. The van der Waals surface area contributed by atoms with Crippen LogP contribution in [-0.2, 0) is 16.6 Å². The van der Waals surface area contributed by atoms with Gasteiger partial charge in [0.15, 0.2) is 0 Å². The molecule has 1 aromatic carbocycles. The summed E-state index contributed by atoms with van der Waals surface area (Å²) in [5.41, 5.74) is 1.01. The van der Waals surface area contributed by atoms with Crippen molar-refractivity contribution in [3.05, 3.63) is 47.7 Å². The lowest BCUT2D eigenvalue weighted by Crippen LogP contribution is -2.18. The van der Waals surface area contributed by atoms with Gasteiger partial charge in [-0.15, -0.1) is 0 Å². The van der Waals surface area contributed by atoms with Gasteiger partial charge in [0.05, 0.1) is 13.7 Å². The molecular formula is C14H18N2O4S. The second kappa shape index (κ2) is 6.30. The molecule has 2 aromatic rings. The lowest BCUT2D eigenvalue weighted by Gasteiger charge is -2.16. The zero-order valence-electron chi connectivity index (χ0n) is 11.9. The zero-order valence-corrected chi connectivity index (χ0v) is 12.7. The van der Waals surface area contributed by atoms with Crippen molar-refractivity contribution in [1.29, 1.82) is 0 Å². The monoisotopic (exact) mass is 310 g/mol. The van der Waals surface area contributed by atoms with E-state index in [1.165, 1.54) is 6.07 Å². The Bertz CT molecular complexity index is 709. The van der Waals surface area contributed by atoms with Crippen molar-refractivity contribution < 1.29 is 17.6 Å². The molecule has 0 aliphatic heterocycles. The van der Waals surface area contributed by atoms with E-state index in [0.717, 1.165) is 11.3 Å². The molecule has 0 unspecified atom stereocenters. The maximum absolute atomic E-state index is 11.1. The Labute approximate surface area is 124 Å². The van der Waals surface area contributed by atoms with Crippen LogP contribution in [0.15, 0.2) is 45.9 Å². The van der Waals surface area contributed by atoms with Crippen LogP contribution in [0.4, 0.5) is 0 Å². The van der Waals surface area contributed by atoms with Gasteiger partial charge >= 0.3 is 0 Å². The van der Waals surface area contributed by atoms with Crippen LogP contribution in [0.3, 0.4) is 0 Å². The van der Waals surface area contributed by atoms with Crippen LogP contribution in [0.25, 0.3) is 0 Å². The average Bonchev–Trinajstić information content (AvgIpc) is 2.93. The van der Waals surface area contributed by atoms with E-state index in [2.05, 4.69) is 5.32 Å². The van der Waals surface area contributed by atoms with E-state index in [-0.39, 0.29) is 11.1 Å². The quantitative estimate of drug-likeness (QED) is 0.848. The molecule has 0 bridgehead atoms. The summed E-state index contributed by atoms with van der Waals surface area (Å²) < 4.78 is 32.8. The topological polar surface area (TPSA) is 94.6 Å². The minimum absolute atomic E-state index is 0.0178. The number of ether oxygens (including phenoxy) is 1. The summed E-state index contributed by atoms with van der Waals surface area (Å²) in [6, 6.07) is 10.6. The molecule has 114 valence electrons. The summed E-state index contributed by atoms with van der Waals surface area (Å²) in [6.45, 7) is 2.37. The second-order valence-electron chi connectivity index (χ2n) is 4.61. The molecule has 0 saturated heterocycles. The second-order valence-corrected chi connectivity index (χ2v) is 6.10. The van der Waals surface area contributed by atoms with Gasteiger partial charge in [0.2, 0.25) is 5.09 Å². The molecule has 1 atom stereocenters. The molecule has 7 heteroatoms. The smallest absolute Gasteiger partial charge is 0.271 e. The summed E-state index contributed by atoms with van der Waals surface area (Å²) in [7, 11) is -2.18. The van der Waals surface area contributed by atoms with Gasteiger partial charge in [0, 0.05) is 11.6 Å². The van der Waals surface area contributed by atoms with Crippen molar-refractivity contribution in [1.82, 2.24) is 5.32 Å². The van der Waals surface area contributed by atoms with Crippen LogP contribution in [-0.4, -0.2) is 15.5 Å². The van der Waals surface area contributed by atoms with E-state index in [9.17, 15) is 8.42 Å². The van der Waals surface area contributed by atoms with Crippen molar-refractivity contribution in [3.63, 3.8) is 0 Å². The minimum atomic E-state index is -3.80. The molecule has 3 N–H and O–H groups in total. The van der Waals surface area contributed by atoms with Crippen LogP contribution in [0.5, 0.6) is 5.75 Å². The van der Waals surface area contributed by atoms with Gasteiger partial charge in [0.1, 0.15) is 11.5 Å². The molecule has 6 nitrogen and oxygen atoms in total. The molecule has 0 saturated carbocycles. The highest BCUT2D eigenvalue weighted by molar-refractivity contribution is 7.89. The summed E-state index contributed by atoms with van der Waals surface area (Å²) in [4.78, 5) is 0. The van der Waals surface area contributed by atoms with Crippen LogP contribution in [0, 0.1) is 0 Å². The first-order valence-electron chi connectivity index (χ1n) is 6.39. The van der Waals surface area contributed by atoms with E-state index < -0.39 is 10.0 Å². The number of para-hydroxylation sites is 1. The Balaban J connectivity index is 2.04. The van der Waals surface area contributed by atoms with E-state index >= 15 is 0 Å². The number of primary sulfonamides is 1. The zero-order chi connectivity index (χ0) is 15.5. The predicted octanol–water partition coefficient (Wildman–Crippen LogP) is 1.79. The number of hydrogen-bond acceptors (Lipinski definition) is 5. The first-order chi connectivity index (χ1) is 9.91. The fourth-order valence-corrected chi connectivity index (χ4v) is 2.47. The Kier molecular flexibility index (Phi) is 4.66. The SMILES string of the molecule is COc1ccccc1[C@@H](C)NCc1ccc(S(N)(=O)=O)o1. The van der Waals surface area contributed by atoms with Crippen LogP contribution in [0.1, 0.15) is 24.3 Å². The van der Waals surface area contributed by atoms with E-state index in [4.69, 9.17) is 14.3 Å². The van der Waals surface area contributed by atoms with Gasteiger partial charge in [-0.1, -0.05) is 18.2 Å². The summed E-state index contributed by atoms with van der Waals surface area (Å²) in [6.07, 6.45) is 0. The Morgan fingerprint density at radius 2 is 2.00 bits per heavy atom. The largest absolute Gasteiger partial charge is 0.496 e. The maximum atomic E-state index is 11.1.